The van der Waals surface area contributed by atoms with Crippen molar-refractivity contribution in [3.8, 4) is 23.1 Å². The normalized spacial score (nSPS) is 21.8. The molecular formula is C35H40F2N4O6. The van der Waals surface area contributed by atoms with Crippen molar-refractivity contribution in [2.75, 3.05) is 64.8 Å². The average molecular weight is 651 g/mol. The van der Waals surface area contributed by atoms with Crippen molar-refractivity contribution < 1.29 is 32.1 Å². The molecule has 10 nitrogen and oxygen atoms in total. The lowest BCUT2D eigenvalue weighted by Crippen LogP contribution is -2.43. The summed E-state index contributed by atoms with van der Waals surface area (Å²) in [6.45, 7) is 7.44. The molecule has 3 aliphatic heterocycles. The zero-order chi connectivity index (χ0) is 32.7. The van der Waals surface area contributed by atoms with Crippen LogP contribution in [0.1, 0.15) is 43.7 Å². The highest BCUT2D eigenvalue weighted by Crippen LogP contribution is 2.42. The zero-order valence-electron chi connectivity index (χ0n) is 27.1. The molecule has 0 N–H and O–H groups in total. The number of halogens is 2. The molecule has 47 heavy (non-hydrogen) atoms. The Balaban J connectivity index is 1.41. The van der Waals surface area contributed by atoms with Crippen molar-refractivity contribution in [2.45, 2.75) is 57.7 Å². The van der Waals surface area contributed by atoms with Gasteiger partial charge in [-0.25, -0.2) is 13.6 Å². The molecule has 4 aromatic rings. The van der Waals surface area contributed by atoms with E-state index in [1.54, 1.807) is 12.1 Å². The predicted molar refractivity (Wildman–Crippen MR) is 174 cm³/mol. The third-order valence-electron chi connectivity index (χ3n) is 9.80. The highest BCUT2D eigenvalue weighted by atomic mass is 19.1. The summed E-state index contributed by atoms with van der Waals surface area (Å²) in [6.07, 6.45) is 2.52. The first-order valence-electron chi connectivity index (χ1n) is 16.4. The standard InChI is InChI=1S/C35H40F2N4O6/c1-4-25-27(37)8-7-22-15-24(46-20-43-3)16-26(28(22)25)31-21(2)30-29(33(42)47-31)32(40-10-6-13-44-14-12-40)39-34(38-30)45-19-35-9-5-11-41(35)18-23(36)17-35/h7-8,15-16,23H,4-6,9-14,17-20H2,1-3H3/t23-,35+/m1/s1. The van der Waals surface area contributed by atoms with E-state index in [0.717, 1.165) is 31.2 Å². The average Bonchev–Trinajstić information content (AvgIpc) is 3.45. The molecule has 0 aliphatic carbocycles. The maximum Gasteiger partial charge on any atom is 0.349 e. The van der Waals surface area contributed by atoms with E-state index in [9.17, 15) is 9.18 Å². The fraction of sp³-hybridized carbons (Fsp3) is 0.514. The molecule has 7 rings (SSSR count). The molecule has 0 spiro atoms. The Bertz CT molecular complexity index is 1860. The summed E-state index contributed by atoms with van der Waals surface area (Å²) < 4.78 is 58.8. The summed E-state index contributed by atoms with van der Waals surface area (Å²) in [5.41, 5.74) is 0.941. The van der Waals surface area contributed by atoms with E-state index in [1.807, 2.05) is 24.8 Å². The Morgan fingerprint density at radius 3 is 2.79 bits per heavy atom. The number of fused-ring (bicyclic) bond motifs is 3. The van der Waals surface area contributed by atoms with Gasteiger partial charge >= 0.3 is 11.6 Å². The largest absolute Gasteiger partial charge is 0.468 e. The van der Waals surface area contributed by atoms with Gasteiger partial charge < -0.3 is 28.3 Å². The number of anilines is 1. The first kappa shape index (κ1) is 31.7. The molecule has 2 aromatic heterocycles. The second-order valence-electron chi connectivity index (χ2n) is 12.7. The lowest BCUT2D eigenvalue weighted by Gasteiger charge is -2.31. The maximum absolute atomic E-state index is 15.2. The maximum atomic E-state index is 15.2. The van der Waals surface area contributed by atoms with E-state index < -0.39 is 17.3 Å². The van der Waals surface area contributed by atoms with Crippen LogP contribution in [0.3, 0.4) is 0 Å². The van der Waals surface area contributed by atoms with Gasteiger partial charge in [-0.1, -0.05) is 13.0 Å². The van der Waals surface area contributed by atoms with E-state index in [4.69, 9.17) is 33.3 Å². The van der Waals surface area contributed by atoms with Gasteiger partial charge in [0.15, 0.2) is 12.6 Å². The second-order valence-corrected chi connectivity index (χ2v) is 12.7. The molecule has 12 heteroatoms. The fourth-order valence-corrected chi connectivity index (χ4v) is 7.60. The first-order valence-corrected chi connectivity index (χ1v) is 16.4. The summed E-state index contributed by atoms with van der Waals surface area (Å²) in [6, 6.07) is 6.79. The van der Waals surface area contributed by atoms with Crippen LogP contribution < -0.4 is 20.0 Å². The van der Waals surface area contributed by atoms with E-state index in [-0.39, 0.29) is 36.4 Å². The van der Waals surface area contributed by atoms with Gasteiger partial charge in [-0.2, -0.15) is 9.97 Å². The molecule has 0 saturated carbocycles. The summed E-state index contributed by atoms with van der Waals surface area (Å²) in [4.78, 5) is 27.8. The third-order valence-corrected chi connectivity index (χ3v) is 9.80. The van der Waals surface area contributed by atoms with Crippen LogP contribution in [0.5, 0.6) is 11.8 Å². The number of alkyl halides is 1. The van der Waals surface area contributed by atoms with Crippen molar-refractivity contribution in [2.24, 2.45) is 0 Å². The minimum atomic E-state index is -0.894. The van der Waals surface area contributed by atoms with Crippen molar-refractivity contribution in [3.05, 3.63) is 51.6 Å². The molecular weight excluding hydrogens is 610 g/mol. The van der Waals surface area contributed by atoms with E-state index in [0.29, 0.717) is 84.9 Å². The van der Waals surface area contributed by atoms with Crippen molar-refractivity contribution in [1.82, 2.24) is 14.9 Å². The van der Waals surface area contributed by atoms with Crippen molar-refractivity contribution in [3.63, 3.8) is 0 Å². The van der Waals surface area contributed by atoms with Crippen LogP contribution in [0.25, 0.3) is 33.0 Å². The third kappa shape index (κ3) is 5.80. The number of hydrogen-bond acceptors (Lipinski definition) is 10. The summed E-state index contributed by atoms with van der Waals surface area (Å²) >= 11 is 0. The van der Waals surface area contributed by atoms with Crippen LogP contribution in [0.15, 0.2) is 33.5 Å². The highest BCUT2D eigenvalue weighted by Gasteiger charge is 2.49. The van der Waals surface area contributed by atoms with Gasteiger partial charge in [-0.3, -0.25) is 4.90 Å². The van der Waals surface area contributed by atoms with Crippen LogP contribution in [0.2, 0.25) is 0 Å². The SMILES string of the molecule is CCc1c(F)ccc2cc(OCOC)cc(-c3oc(=O)c4c(N5CCCOCC5)nc(OC[C@@]56CCCN5C[C@H](F)C6)nc4c3C)c12. The topological polar surface area (TPSA) is 99.4 Å². The number of benzene rings is 2. The second kappa shape index (κ2) is 13.0. The monoisotopic (exact) mass is 650 g/mol. The molecule has 0 amide bonds. The lowest BCUT2D eigenvalue weighted by molar-refractivity contribution is 0.0512. The Morgan fingerprint density at radius 2 is 1.96 bits per heavy atom. The quantitative estimate of drug-likeness (QED) is 0.214. The smallest absolute Gasteiger partial charge is 0.349 e. The molecule has 2 aromatic carbocycles. The minimum absolute atomic E-state index is 0.00628. The zero-order valence-corrected chi connectivity index (χ0v) is 27.1. The summed E-state index contributed by atoms with van der Waals surface area (Å²) in [7, 11) is 1.53. The Kier molecular flexibility index (Phi) is 8.75. The van der Waals surface area contributed by atoms with Gasteiger partial charge in [0.25, 0.3) is 0 Å². The van der Waals surface area contributed by atoms with E-state index >= 15 is 4.39 Å². The van der Waals surface area contributed by atoms with Crippen molar-refractivity contribution in [1.29, 1.82) is 0 Å². The fourth-order valence-electron chi connectivity index (χ4n) is 7.60. The van der Waals surface area contributed by atoms with Gasteiger partial charge in [0.1, 0.15) is 35.5 Å². The Labute approximate surface area is 271 Å². The summed E-state index contributed by atoms with van der Waals surface area (Å²) in [5.74, 6) is 0.795. The molecule has 2 atom stereocenters. The molecule has 5 heterocycles. The predicted octanol–water partition coefficient (Wildman–Crippen LogP) is 5.58. The van der Waals surface area contributed by atoms with Crippen LogP contribution in [-0.2, 0) is 15.9 Å². The van der Waals surface area contributed by atoms with Gasteiger partial charge in [0.05, 0.1) is 17.7 Å². The van der Waals surface area contributed by atoms with Gasteiger partial charge in [-0.05, 0) is 73.7 Å². The number of rotatable bonds is 9. The first-order chi connectivity index (χ1) is 22.8. The van der Waals surface area contributed by atoms with Crippen LogP contribution in [-0.4, -0.2) is 86.5 Å². The number of aryl methyl sites for hydroxylation is 2. The molecule has 3 fully saturated rings. The molecule has 3 aliphatic rings. The number of ether oxygens (including phenoxy) is 4. The highest BCUT2D eigenvalue weighted by molar-refractivity contribution is 6.02. The van der Waals surface area contributed by atoms with Gasteiger partial charge in [-0.15, -0.1) is 0 Å². The molecule has 0 radical (unpaired) electrons. The molecule has 3 saturated heterocycles. The van der Waals surface area contributed by atoms with Gasteiger partial charge in [0.2, 0.25) is 0 Å². The number of methoxy groups -OCH3 is 1. The number of nitrogens with zero attached hydrogens (tertiary/aromatic N) is 4. The molecule has 250 valence electrons. The van der Waals surface area contributed by atoms with Gasteiger partial charge in [0, 0.05) is 50.9 Å². The molecule has 0 bridgehead atoms. The molecule has 0 unspecified atom stereocenters. The number of hydrogen-bond donors (Lipinski definition) is 0. The minimum Gasteiger partial charge on any atom is -0.468 e. The van der Waals surface area contributed by atoms with E-state index in [2.05, 4.69) is 4.90 Å². The Morgan fingerprint density at radius 1 is 1.09 bits per heavy atom. The van der Waals surface area contributed by atoms with Crippen LogP contribution in [0.4, 0.5) is 14.6 Å². The number of aromatic nitrogens is 2. The van der Waals surface area contributed by atoms with Crippen LogP contribution >= 0.6 is 0 Å². The van der Waals surface area contributed by atoms with Crippen LogP contribution in [0, 0.1) is 12.7 Å². The van der Waals surface area contributed by atoms with E-state index in [1.165, 1.54) is 13.2 Å². The van der Waals surface area contributed by atoms with Crippen molar-refractivity contribution >= 4 is 27.5 Å². The summed E-state index contributed by atoms with van der Waals surface area (Å²) in [5, 5.41) is 1.60. The lowest BCUT2D eigenvalue weighted by atomic mass is 9.93. The Hall–Kier alpha value is -3.87.